The standard InChI is InChI=1S/C22H21NO7S/c1-15-9-10-16(2)20(12-15)31(26,27)30-19-8-4-3-7-18(19)22(25)29-14-21(24)23-13-17-6-5-11-28-17/h3-12H,13-14H2,1-2H3,(H,23,24). The molecule has 0 fully saturated rings. The lowest BCUT2D eigenvalue weighted by atomic mass is 10.2. The number of hydrogen-bond donors (Lipinski definition) is 1. The molecule has 0 aliphatic heterocycles. The van der Waals surface area contributed by atoms with Gasteiger partial charge < -0.3 is 18.7 Å². The smallest absolute Gasteiger partial charge is 0.342 e. The monoisotopic (exact) mass is 443 g/mol. The number of ether oxygens (including phenoxy) is 1. The average Bonchev–Trinajstić information content (AvgIpc) is 3.26. The summed E-state index contributed by atoms with van der Waals surface area (Å²) in [6.07, 6.45) is 1.48. The number of benzene rings is 2. The fourth-order valence-corrected chi connectivity index (χ4v) is 3.97. The molecule has 1 aromatic heterocycles. The predicted octanol–water partition coefficient (Wildman–Crippen LogP) is 3.14. The van der Waals surface area contributed by atoms with Gasteiger partial charge in [-0.1, -0.05) is 24.3 Å². The van der Waals surface area contributed by atoms with E-state index in [1.54, 1.807) is 38.1 Å². The number of amides is 1. The van der Waals surface area contributed by atoms with Crippen LogP contribution in [0.4, 0.5) is 0 Å². The van der Waals surface area contributed by atoms with Gasteiger partial charge in [-0.3, -0.25) is 4.79 Å². The van der Waals surface area contributed by atoms with Crippen LogP contribution in [0.15, 0.2) is 70.2 Å². The van der Waals surface area contributed by atoms with Crippen molar-refractivity contribution < 1.29 is 31.3 Å². The molecule has 0 aliphatic carbocycles. The zero-order valence-corrected chi connectivity index (χ0v) is 17.8. The number of carbonyl (C=O) groups excluding carboxylic acids is 2. The first-order valence-corrected chi connectivity index (χ1v) is 10.7. The molecule has 8 nitrogen and oxygen atoms in total. The van der Waals surface area contributed by atoms with Crippen molar-refractivity contribution in [2.24, 2.45) is 0 Å². The highest BCUT2D eigenvalue weighted by Crippen LogP contribution is 2.25. The molecule has 0 unspecified atom stereocenters. The Kier molecular flexibility index (Phi) is 6.76. The van der Waals surface area contributed by atoms with E-state index in [2.05, 4.69) is 5.32 Å². The molecule has 0 radical (unpaired) electrons. The van der Waals surface area contributed by atoms with Crippen LogP contribution >= 0.6 is 0 Å². The third-order valence-electron chi connectivity index (χ3n) is 4.29. The summed E-state index contributed by atoms with van der Waals surface area (Å²) in [5.41, 5.74) is 1.15. The van der Waals surface area contributed by atoms with Crippen molar-refractivity contribution in [2.45, 2.75) is 25.3 Å². The van der Waals surface area contributed by atoms with E-state index >= 15 is 0 Å². The Morgan fingerprint density at radius 3 is 2.55 bits per heavy atom. The molecule has 0 spiro atoms. The molecule has 31 heavy (non-hydrogen) atoms. The molecule has 0 bridgehead atoms. The number of furan rings is 1. The van der Waals surface area contributed by atoms with E-state index in [9.17, 15) is 18.0 Å². The Hall–Kier alpha value is -3.59. The summed E-state index contributed by atoms with van der Waals surface area (Å²) in [6, 6.07) is 14.1. The normalized spacial score (nSPS) is 11.0. The molecule has 0 saturated heterocycles. The fraction of sp³-hybridized carbons (Fsp3) is 0.182. The first kappa shape index (κ1) is 22.1. The topological polar surface area (TPSA) is 112 Å². The van der Waals surface area contributed by atoms with Crippen LogP contribution < -0.4 is 9.50 Å². The molecule has 3 aromatic rings. The quantitative estimate of drug-likeness (QED) is 0.420. The number of hydrogen-bond acceptors (Lipinski definition) is 7. The maximum atomic E-state index is 12.8. The number of para-hydroxylation sites is 1. The van der Waals surface area contributed by atoms with E-state index in [0.29, 0.717) is 11.3 Å². The van der Waals surface area contributed by atoms with Gasteiger partial charge in [0.15, 0.2) is 12.4 Å². The summed E-state index contributed by atoms with van der Waals surface area (Å²) in [6.45, 7) is 3.02. The highest BCUT2D eigenvalue weighted by atomic mass is 32.2. The Balaban J connectivity index is 1.68. The molecule has 1 heterocycles. The largest absolute Gasteiger partial charge is 0.467 e. The van der Waals surface area contributed by atoms with Crippen molar-refractivity contribution in [3.05, 3.63) is 83.3 Å². The van der Waals surface area contributed by atoms with Gasteiger partial charge in [-0.2, -0.15) is 8.42 Å². The van der Waals surface area contributed by atoms with Gasteiger partial charge in [-0.05, 0) is 55.3 Å². The van der Waals surface area contributed by atoms with E-state index in [0.717, 1.165) is 5.56 Å². The molecule has 1 N–H and O–H groups in total. The van der Waals surface area contributed by atoms with E-state index in [1.807, 2.05) is 0 Å². The van der Waals surface area contributed by atoms with Crippen LogP contribution in [0, 0.1) is 13.8 Å². The van der Waals surface area contributed by atoms with Gasteiger partial charge in [-0.25, -0.2) is 4.79 Å². The van der Waals surface area contributed by atoms with Crippen molar-refractivity contribution in [3.8, 4) is 5.75 Å². The van der Waals surface area contributed by atoms with Crippen molar-refractivity contribution in [2.75, 3.05) is 6.61 Å². The molecule has 0 aliphatic rings. The SMILES string of the molecule is Cc1ccc(C)c(S(=O)(=O)Oc2ccccc2C(=O)OCC(=O)NCc2ccco2)c1. The second kappa shape index (κ2) is 9.48. The number of esters is 1. The number of nitrogens with one attached hydrogen (secondary N) is 1. The van der Waals surface area contributed by atoms with Gasteiger partial charge in [0.2, 0.25) is 0 Å². The van der Waals surface area contributed by atoms with Crippen LogP contribution in [-0.4, -0.2) is 26.9 Å². The number of rotatable bonds is 8. The minimum absolute atomic E-state index is 0.00738. The van der Waals surface area contributed by atoms with Crippen LogP contribution in [-0.2, 0) is 26.2 Å². The zero-order valence-electron chi connectivity index (χ0n) is 17.0. The lowest BCUT2D eigenvalue weighted by molar-refractivity contribution is -0.124. The van der Waals surface area contributed by atoms with Gasteiger partial charge in [0.1, 0.15) is 16.2 Å². The van der Waals surface area contributed by atoms with Crippen LogP contribution in [0.1, 0.15) is 27.2 Å². The Bertz CT molecular complexity index is 1180. The molecule has 1 amide bonds. The minimum atomic E-state index is -4.19. The summed E-state index contributed by atoms with van der Waals surface area (Å²) in [5.74, 6) is -1.06. The second-order valence-corrected chi connectivity index (χ2v) is 8.25. The van der Waals surface area contributed by atoms with Crippen molar-refractivity contribution >= 4 is 22.0 Å². The molecule has 3 rings (SSSR count). The summed E-state index contributed by atoms with van der Waals surface area (Å²) >= 11 is 0. The molecule has 162 valence electrons. The van der Waals surface area contributed by atoms with Crippen LogP contribution in [0.2, 0.25) is 0 Å². The van der Waals surface area contributed by atoms with Crippen LogP contribution in [0.25, 0.3) is 0 Å². The molecular formula is C22H21NO7S. The maximum Gasteiger partial charge on any atom is 0.342 e. The summed E-state index contributed by atoms with van der Waals surface area (Å²) < 4.78 is 40.9. The van der Waals surface area contributed by atoms with Crippen molar-refractivity contribution in [1.29, 1.82) is 0 Å². The second-order valence-electron chi connectivity index (χ2n) is 6.73. The Morgan fingerprint density at radius 1 is 1.03 bits per heavy atom. The summed E-state index contributed by atoms with van der Waals surface area (Å²) in [4.78, 5) is 24.3. The van der Waals surface area contributed by atoms with Crippen molar-refractivity contribution in [3.63, 3.8) is 0 Å². The Morgan fingerprint density at radius 2 is 1.81 bits per heavy atom. The molecular weight excluding hydrogens is 422 g/mol. The lowest BCUT2D eigenvalue weighted by Crippen LogP contribution is -2.28. The summed E-state index contributed by atoms with van der Waals surface area (Å²) in [5, 5.41) is 2.54. The van der Waals surface area contributed by atoms with E-state index in [1.165, 1.54) is 36.6 Å². The summed E-state index contributed by atoms with van der Waals surface area (Å²) in [7, 11) is -4.19. The maximum absolute atomic E-state index is 12.8. The van der Waals surface area contributed by atoms with Crippen LogP contribution in [0.5, 0.6) is 5.75 Å². The number of aryl methyl sites for hydroxylation is 2. The lowest BCUT2D eigenvalue weighted by Gasteiger charge is -2.13. The van der Waals surface area contributed by atoms with Gasteiger partial charge in [0, 0.05) is 0 Å². The first-order valence-electron chi connectivity index (χ1n) is 9.33. The fourth-order valence-electron chi connectivity index (χ4n) is 2.71. The highest BCUT2D eigenvalue weighted by molar-refractivity contribution is 7.87. The van der Waals surface area contributed by atoms with Crippen LogP contribution in [0.3, 0.4) is 0 Å². The molecule has 0 saturated carbocycles. The molecule has 2 aromatic carbocycles. The molecule has 0 atom stereocenters. The van der Waals surface area contributed by atoms with Gasteiger partial charge in [0.25, 0.3) is 5.91 Å². The van der Waals surface area contributed by atoms with E-state index in [4.69, 9.17) is 13.3 Å². The number of carbonyl (C=O) groups is 2. The molecule has 9 heteroatoms. The first-order chi connectivity index (χ1) is 14.8. The van der Waals surface area contributed by atoms with Gasteiger partial charge >= 0.3 is 16.1 Å². The average molecular weight is 443 g/mol. The minimum Gasteiger partial charge on any atom is -0.467 e. The van der Waals surface area contributed by atoms with E-state index in [-0.39, 0.29) is 22.8 Å². The highest BCUT2D eigenvalue weighted by Gasteiger charge is 2.23. The van der Waals surface area contributed by atoms with Gasteiger partial charge in [-0.15, -0.1) is 0 Å². The Labute approximate surface area is 179 Å². The van der Waals surface area contributed by atoms with Crippen molar-refractivity contribution in [1.82, 2.24) is 5.32 Å². The van der Waals surface area contributed by atoms with E-state index < -0.39 is 28.6 Å². The third kappa shape index (κ3) is 5.73. The van der Waals surface area contributed by atoms with Gasteiger partial charge in [0.05, 0.1) is 12.8 Å². The predicted molar refractivity (Wildman–Crippen MR) is 111 cm³/mol. The third-order valence-corrected chi connectivity index (χ3v) is 5.67. The zero-order chi connectivity index (χ0) is 22.4.